The van der Waals surface area contributed by atoms with Gasteiger partial charge in [0, 0.05) is 25.3 Å². The van der Waals surface area contributed by atoms with Gasteiger partial charge in [-0.25, -0.2) is 0 Å². The number of aryl methyl sites for hydroxylation is 1. The monoisotopic (exact) mass is 288 g/mol. The standard InChI is InChI=1S/C17H20O4/c1-3-5-14-10-15(20)17-12(6-4-7-16(17)21-14)9-13(19)8-11(2)18/h4,6-7,10-11,18H,3,5,8-9H2,1-2H3. The van der Waals surface area contributed by atoms with E-state index in [1.165, 1.54) is 6.07 Å². The average Bonchev–Trinajstić information content (AvgIpc) is 2.37. The molecule has 1 heterocycles. The van der Waals surface area contributed by atoms with Gasteiger partial charge >= 0.3 is 0 Å². The maximum Gasteiger partial charge on any atom is 0.193 e. The number of carbonyl (C=O) groups excluding carboxylic acids is 1. The van der Waals surface area contributed by atoms with Crippen molar-refractivity contribution < 1.29 is 14.3 Å². The minimum Gasteiger partial charge on any atom is -0.461 e. The summed E-state index contributed by atoms with van der Waals surface area (Å²) in [6.45, 7) is 3.60. The van der Waals surface area contributed by atoms with Crippen LogP contribution in [0.25, 0.3) is 11.0 Å². The van der Waals surface area contributed by atoms with Crippen molar-refractivity contribution in [3.63, 3.8) is 0 Å². The number of hydrogen-bond donors (Lipinski definition) is 1. The van der Waals surface area contributed by atoms with Crippen LogP contribution < -0.4 is 5.43 Å². The Bertz CT molecular complexity index is 697. The Morgan fingerprint density at radius 3 is 2.81 bits per heavy atom. The van der Waals surface area contributed by atoms with Gasteiger partial charge in [-0.1, -0.05) is 19.1 Å². The molecule has 1 atom stereocenters. The molecule has 0 amide bonds. The number of rotatable bonds is 6. The smallest absolute Gasteiger partial charge is 0.193 e. The normalized spacial score (nSPS) is 12.5. The molecule has 112 valence electrons. The van der Waals surface area contributed by atoms with Gasteiger partial charge in [0.2, 0.25) is 0 Å². The molecule has 0 spiro atoms. The second-order valence-corrected chi connectivity index (χ2v) is 5.39. The molecular weight excluding hydrogens is 268 g/mol. The largest absolute Gasteiger partial charge is 0.461 e. The fourth-order valence-corrected chi connectivity index (χ4v) is 2.46. The van der Waals surface area contributed by atoms with E-state index in [0.717, 1.165) is 12.8 Å². The highest BCUT2D eigenvalue weighted by Gasteiger charge is 2.13. The minimum absolute atomic E-state index is 0.0884. The zero-order valence-electron chi connectivity index (χ0n) is 12.4. The molecule has 1 aromatic carbocycles. The van der Waals surface area contributed by atoms with E-state index in [0.29, 0.717) is 22.3 Å². The van der Waals surface area contributed by atoms with E-state index in [-0.39, 0.29) is 24.1 Å². The van der Waals surface area contributed by atoms with Crippen LogP contribution in [0.5, 0.6) is 0 Å². The second kappa shape index (κ2) is 6.68. The van der Waals surface area contributed by atoms with E-state index in [4.69, 9.17) is 4.42 Å². The fraction of sp³-hybridized carbons (Fsp3) is 0.412. The molecular formula is C17H20O4. The lowest BCUT2D eigenvalue weighted by Gasteiger charge is -2.07. The molecule has 4 heteroatoms. The minimum atomic E-state index is -0.667. The summed E-state index contributed by atoms with van der Waals surface area (Å²) in [5.41, 5.74) is 1.07. The topological polar surface area (TPSA) is 67.5 Å². The summed E-state index contributed by atoms with van der Waals surface area (Å²) in [4.78, 5) is 24.1. The summed E-state index contributed by atoms with van der Waals surface area (Å²) >= 11 is 0. The lowest BCUT2D eigenvalue weighted by molar-refractivity contribution is -0.120. The number of carbonyl (C=O) groups is 1. The first-order valence-corrected chi connectivity index (χ1v) is 7.25. The number of benzene rings is 1. The molecule has 0 bridgehead atoms. The fourth-order valence-electron chi connectivity index (χ4n) is 2.46. The second-order valence-electron chi connectivity index (χ2n) is 5.39. The number of aliphatic hydroxyl groups excluding tert-OH is 1. The Morgan fingerprint density at radius 2 is 2.14 bits per heavy atom. The Balaban J connectivity index is 2.41. The van der Waals surface area contributed by atoms with Crippen LogP contribution in [0.2, 0.25) is 0 Å². The molecule has 1 aromatic heterocycles. The van der Waals surface area contributed by atoms with Crippen LogP contribution in [0, 0.1) is 0 Å². The summed E-state index contributed by atoms with van der Waals surface area (Å²) in [6, 6.07) is 6.80. The Morgan fingerprint density at radius 1 is 1.38 bits per heavy atom. The van der Waals surface area contributed by atoms with E-state index in [9.17, 15) is 14.7 Å². The molecule has 0 radical (unpaired) electrons. The van der Waals surface area contributed by atoms with Gasteiger partial charge in [0.05, 0.1) is 11.5 Å². The van der Waals surface area contributed by atoms with Crippen LogP contribution in [0.15, 0.2) is 33.5 Å². The third-order valence-electron chi connectivity index (χ3n) is 3.30. The summed E-state index contributed by atoms with van der Waals surface area (Å²) < 4.78 is 5.73. The highest BCUT2D eigenvalue weighted by Crippen LogP contribution is 2.18. The van der Waals surface area contributed by atoms with E-state index in [1.807, 2.05) is 6.92 Å². The predicted octanol–water partition coefficient (Wildman–Crippen LogP) is 2.63. The van der Waals surface area contributed by atoms with Gasteiger partial charge in [0.1, 0.15) is 17.1 Å². The van der Waals surface area contributed by atoms with Gasteiger partial charge in [-0.3, -0.25) is 9.59 Å². The Kier molecular flexibility index (Phi) is 4.91. The van der Waals surface area contributed by atoms with Gasteiger partial charge in [-0.05, 0) is 25.0 Å². The van der Waals surface area contributed by atoms with Crippen molar-refractivity contribution in [2.75, 3.05) is 0 Å². The van der Waals surface area contributed by atoms with Crippen molar-refractivity contribution in [1.29, 1.82) is 0 Å². The van der Waals surface area contributed by atoms with Crippen LogP contribution >= 0.6 is 0 Å². The van der Waals surface area contributed by atoms with Gasteiger partial charge in [0.15, 0.2) is 5.43 Å². The molecule has 2 aromatic rings. The number of Topliss-reactive ketones (excluding diaryl/α,β-unsaturated/α-hetero) is 1. The zero-order chi connectivity index (χ0) is 15.4. The van der Waals surface area contributed by atoms with Crippen molar-refractivity contribution in [3.05, 3.63) is 45.8 Å². The molecule has 0 aliphatic carbocycles. The third kappa shape index (κ3) is 3.79. The quantitative estimate of drug-likeness (QED) is 0.887. The summed E-state index contributed by atoms with van der Waals surface area (Å²) in [6.07, 6.45) is 1.19. The van der Waals surface area contributed by atoms with Crippen molar-refractivity contribution in [2.24, 2.45) is 0 Å². The van der Waals surface area contributed by atoms with Crippen molar-refractivity contribution in [3.8, 4) is 0 Å². The molecule has 4 nitrogen and oxygen atoms in total. The number of ketones is 1. The maximum atomic E-state index is 12.3. The van der Waals surface area contributed by atoms with Crippen LogP contribution in [0.3, 0.4) is 0 Å². The van der Waals surface area contributed by atoms with E-state index in [1.54, 1.807) is 25.1 Å². The molecule has 2 rings (SSSR count). The number of hydrogen-bond acceptors (Lipinski definition) is 4. The van der Waals surface area contributed by atoms with E-state index in [2.05, 4.69) is 0 Å². The first-order chi connectivity index (χ1) is 10.0. The van der Waals surface area contributed by atoms with Crippen LogP contribution in [0.4, 0.5) is 0 Å². The van der Waals surface area contributed by atoms with Crippen molar-refractivity contribution >= 4 is 16.8 Å². The number of aliphatic hydroxyl groups is 1. The Hall–Kier alpha value is -1.94. The molecule has 1 unspecified atom stereocenters. The van der Waals surface area contributed by atoms with Gasteiger partial charge < -0.3 is 9.52 Å². The summed E-state index contributed by atoms with van der Waals surface area (Å²) in [7, 11) is 0. The predicted molar refractivity (Wildman–Crippen MR) is 81.5 cm³/mol. The Labute approximate surface area is 123 Å². The van der Waals surface area contributed by atoms with E-state index >= 15 is 0 Å². The zero-order valence-corrected chi connectivity index (χ0v) is 12.4. The summed E-state index contributed by atoms with van der Waals surface area (Å²) in [5, 5.41) is 9.73. The van der Waals surface area contributed by atoms with Crippen molar-refractivity contribution in [2.45, 2.75) is 45.6 Å². The molecule has 0 saturated heterocycles. The first kappa shape index (κ1) is 15.4. The van der Waals surface area contributed by atoms with Crippen molar-refractivity contribution in [1.82, 2.24) is 0 Å². The molecule has 0 aliphatic heterocycles. The average molecular weight is 288 g/mol. The number of fused-ring (bicyclic) bond motifs is 1. The maximum absolute atomic E-state index is 12.3. The van der Waals surface area contributed by atoms with Gasteiger partial charge in [-0.15, -0.1) is 0 Å². The lowest BCUT2D eigenvalue weighted by Crippen LogP contribution is -2.13. The first-order valence-electron chi connectivity index (χ1n) is 7.25. The van der Waals surface area contributed by atoms with Crippen LogP contribution in [0.1, 0.15) is 38.0 Å². The highest BCUT2D eigenvalue weighted by molar-refractivity contribution is 5.88. The SMILES string of the molecule is CCCc1cc(=O)c2c(CC(=O)CC(C)O)cccc2o1. The molecule has 0 saturated carbocycles. The molecule has 0 fully saturated rings. The highest BCUT2D eigenvalue weighted by atomic mass is 16.3. The molecule has 21 heavy (non-hydrogen) atoms. The molecule has 1 N–H and O–H groups in total. The molecule has 0 aliphatic rings. The van der Waals surface area contributed by atoms with Gasteiger partial charge in [0.25, 0.3) is 0 Å². The van der Waals surface area contributed by atoms with Crippen LogP contribution in [-0.2, 0) is 17.6 Å². The summed E-state index contributed by atoms with van der Waals surface area (Å²) in [5.74, 6) is 0.581. The van der Waals surface area contributed by atoms with Gasteiger partial charge in [-0.2, -0.15) is 0 Å². The lowest BCUT2D eigenvalue weighted by atomic mass is 10.0. The van der Waals surface area contributed by atoms with Crippen LogP contribution in [-0.4, -0.2) is 17.0 Å². The third-order valence-corrected chi connectivity index (χ3v) is 3.30. The van der Waals surface area contributed by atoms with E-state index < -0.39 is 6.10 Å².